The molecule has 1 aromatic carbocycles. The second kappa shape index (κ2) is 6.28. The van der Waals surface area contributed by atoms with E-state index >= 15 is 0 Å². The number of aliphatic hydroxyl groups excluding tert-OH is 2. The Morgan fingerprint density at radius 1 is 1.14 bits per heavy atom. The molecule has 1 aromatic heterocycles. The molecular weight excluding hydrogens is 285 g/mol. The number of fused-ring (bicyclic) bond motifs is 1. The van der Waals surface area contributed by atoms with Crippen molar-refractivity contribution in [3.63, 3.8) is 0 Å². The minimum absolute atomic E-state index is 0.114. The first-order valence-corrected chi connectivity index (χ1v) is 6.36. The highest BCUT2D eigenvalue weighted by molar-refractivity contribution is 5.92. The second-order valence-electron chi connectivity index (χ2n) is 4.58. The molecule has 0 radical (unpaired) electrons. The van der Waals surface area contributed by atoms with E-state index in [-0.39, 0.29) is 24.7 Å². The maximum absolute atomic E-state index is 12.7. The molecular formula is C14H15F3N2O2. The molecule has 0 fully saturated rings. The molecule has 0 saturated heterocycles. The van der Waals surface area contributed by atoms with Gasteiger partial charge in [-0.3, -0.25) is 0 Å². The van der Waals surface area contributed by atoms with E-state index in [1.165, 1.54) is 0 Å². The Morgan fingerprint density at radius 3 is 2.48 bits per heavy atom. The van der Waals surface area contributed by atoms with Crippen LogP contribution < -0.4 is 4.90 Å². The number of nitrogens with zero attached hydrogens (tertiary/aromatic N) is 2. The summed E-state index contributed by atoms with van der Waals surface area (Å²) in [6.45, 7) is -2.18. The van der Waals surface area contributed by atoms with Crippen LogP contribution in [0.15, 0.2) is 30.3 Å². The maximum atomic E-state index is 12.7. The molecule has 0 unspecified atom stereocenters. The molecule has 114 valence electrons. The molecule has 2 rings (SSSR count). The van der Waals surface area contributed by atoms with E-state index in [2.05, 4.69) is 4.98 Å². The number of benzene rings is 1. The number of halogens is 3. The summed E-state index contributed by atoms with van der Waals surface area (Å²) >= 11 is 0. The Morgan fingerprint density at radius 2 is 1.86 bits per heavy atom. The number of alkyl halides is 3. The van der Waals surface area contributed by atoms with Crippen LogP contribution in [-0.4, -0.2) is 41.1 Å². The summed E-state index contributed by atoms with van der Waals surface area (Å²) in [4.78, 5) is 5.06. The van der Waals surface area contributed by atoms with Crippen LogP contribution in [0.2, 0.25) is 0 Å². The molecule has 2 N–H and O–H groups in total. The molecule has 0 atom stereocenters. The van der Waals surface area contributed by atoms with Gasteiger partial charge in [0.25, 0.3) is 0 Å². The summed E-state index contributed by atoms with van der Waals surface area (Å²) in [7, 11) is 0. The van der Waals surface area contributed by atoms with Crippen LogP contribution in [0.1, 0.15) is 5.69 Å². The molecule has 0 saturated carbocycles. The summed E-state index contributed by atoms with van der Waals surface area (Å²) in [5.74, 6) is 0.114. The zero-order valence-electron chi connectivity index (χ0n) is 11.1. The van der Waals surface area contributed by atoms with Crippen molar-refractivity contribution in [1.29, 1.82) is 0 Å². The van der Waals surface area contributed by atoms with E-state index in [4.69, 9.17) is 5.11 Å². The Balaban J connectivity index is 2.54. The van der Waals surface area contributed by atoms with Gasteiger partial charge in [0.15, 0.2) is 0 Å². The summed E-state index contributed by atoms with van der Waals surface area (Å²) < 4.78 is 38.1. The van der Waals surface area contributed by atoms with Crippen molar-refractivity contribution in [3.05, 3.63) is 36.0 Å². The van der Waals surface area contributed by atoms with Gasteiger partial charge in [0.2, 0.25) is 0 Å². The van der Waals surface area contributed by atoms with Gasteiger partial charge in [-0.1, -0.05) is 24.3 Å². The fraction of sp³-hybridized carbons (Fsp3) is 0.357. The molecule has 0 aliphatic carbocycles. The number of aromatic nitrogens is 1. The van der Waals surface area contributed by atoms with E-state index in [0.717, 1.165) is 4.90 Å². The molecule has 0 aliphatic rings. The number of pyridine rings is 1. The van der Waals surface area contributed by atoms with Crippen molar-refractivity contribution in [2.75, 3.05) is 24.6 Å². The van der Waals surface area contributed by atoms with Crippen LogP contribution in [0.25, 0.3) is 10.8 Å². The van der Waals surface area contributed by atoms with Crippen LogP contribution >= 0.6 is 0 Å². The van der Waals surface area contributed by atoms with Crippen LogP contribution in [0.3, 0.4) is 0 Å². The molecule has 1 heterocycles. The smallest absolute Gasteiger partial charge is 0.395 e. The maximum Gasteiger partial charge on any atom is 0.405 e. The highest BCUT2D eigenvalue weighted by Gasteiger charge is 2.31. The van der Waals surface area contributed by atoms with Crippen molar-refractivity contribution < 1.29 is 23.4 Å². The molecule has 0 spiro atoms. The molecule has 0 bridgehead atoms. The first-order chi connectivity index (χ1) is 9.94. The van der Waals surface area contributed by atoms with Gasteiger partial charge >= 0.3 is 6.18 Å². The molecule has 0 amide bonds. The van der Waals surface area contributed by atoms with Crippen LogP contribution in [-0.2, 0) is 6.61 Å². The average molecular weight is 300 g/mol. The number of hydrogen-bond donors (Lipinski definition) is 2. The van der Waals surface area contributed by atoms with Gasteiger partial charge in [-0.2, -0.15) is 13.2 Å². The third-order valence-electron chi connectivity index (χ3n) is 2.97. The van der Waals surface area contributed by atoms with E-state index in [1.807, 2.05) is 0 Å². The van der Waals surface area contributed by atoms with Crippen molar-refractivity contribution in [3.8, 4) is 0 Å². The summed E-state index contributed by atoms with van der Waals surface area (Å²) in [6.07, 6.45) is -4.41. The van der Waals surface area contributed by atoms with Crippen LogP contribution in [0.5, 0.6) is 0 Å². The van der Waals surface area contributed by atoms with Gasteiger partial charge in [-0.25, -0.2) is 4.98 Å². The summed E-state index contributed by atoms with van der Waals surface area (Å²) in [5.41, 5.74) is 0.286. The predicted molar refractivity (Wildman–Crippen MR) is 73.0 cm³/mol. The molecule has 2 aromatic rings. The summed E-state index contributed by atoms with van der Waals surface area (Å²) in [6, 6.07) is 8.50. The quantitative estimate of drug-likeness (QED) is 0.888. The van der Waals surface area contributed by atoms with E-state index in [1.54, 1.807) is 30.3 Å². The second-order valence-corrected chi connectivity index (χ2v) is 4.58. The van der Waals surface area contributed by atoms with Crippen molar-refractivity contribution in [2.45, 2.75) is 12.8 Å². The standard InChI is InChI=1S/C14H15F3N2O2/c15-14(16,17)9-19(5-6-20)13-12-4-2-1-3-10(12)7-11(8-21)18-13/h1-4,7,20-21H,5-6,8-9H2. The zero-order valence-corrected chi connectivity index (χ0v) is 11.1. The average Bonchev–Trinajstić information content (AvgIpc) is 2.44. The SMILES string of the molecule is OCCN(CC(F)(F)F)c1nc(CO)cc2ccccc12. The van der Waals surface area contributed by atoms with Gasteiger partial charge in [-0.15, -0.1) is 0 Å². The van der Waals surface area contributed by atoms with Crippen molar-refractivity contribution in [2.24, 2.45) is 0 Å². The fourth-order valence-electron chi connectivity index (χ4n) is 2.15. The molecule has 0 aliphatic heterocycles. The predicted octanol–water partition coefficient (Wildman–Crippen LogP) is 2.09. The molecule has 21 heavy (non-hydrogen) atoms. The van der Waals surface area contributed by atoms with Gasteiger partial charge in [0, 0.05) is 11.9 Å². The van der Waals surface area contributed by atoms with Gasteiger partial charge in [0.1, 0.15) is 12.4 Å². The lowest BCUT2D eigenvalue weighted by molar-refractivity contribution is -0.119. The minimum Gasteiger partial charge on any atom is -0.395 e. The first-order valence-electron chi connectivity index (χ1n) is 6.36. The number of aliphatic hydroxyl groups is 2. The molecule has 4 nitrogen and oxygen atoms in total. The highest BCUT2D eigenvalue weighted by Crippen LogP contribution is 2.28. The van der Waals surface area contributed by atoms with E-state index < -0.39 is 19.3 Å². The fourth-order valence-corrected chi connectivity index (χ4v) is 2.15. The Kier molecular flexibility index (Phi) is 4.64. The normalized spacial score (nSPS) is 11.9. The molecule has 7 heteroatoms. The number of rotatable bonds is 5. The third kappa shape index (κ3) is 3.83. The lowest BCUT2D eigenvalue weighted by Gasteiger charge is -2.25. The number of anilines is 1. The van der Waals surface area contributed by atoms with Gasteiger partial charge in [-0.05, 0) is 11.5 Å². The van der Waals surface area contributed by atoms with E-state index in [0.29, 0.717) is 10.8 Å². The van der Waals surface area contributed by atoms with Crippen LogP contribution in [0.4, 0.5) is 19.0 Å². The van der Waals surface area contributed by atoms with Gasteiger partial charge in [0.05, 0.1) is 18.9 Å². The van der Waals surface area contributed by atoms with Crippen molar-refractivity contribution >= 4 is 16.6 Å². The Labute approximate surface area is 119 Å². The lowest BCUT2D eigenvalue weighted by Crippen LogP contribution is -2.37. The monoisotopic (exact) mass is 300 g/mol. The Hall–Kier alpha value is -1.86. The Bertz CT molecular complexity index is 617. The summed E-state index contributed by atoms with van der Waals surface area (Å²) in [5, 5.41) is 19.5. The topological polar surface area (TPSA) is 56.6 Å². The van der Waals surface area contributed by atoms with Crippen molar-refractivity contribution in [1.82, 2.24) is 4.98 Å². The van der Waals surface area contributed by atoms with E-state index in [9.17, 15) is 18.3 Å². The highest BCUT2D eigenvalue weighted by atomic mass is 19.4. The zero-order chi connectivity index (χ0) is 15.5. The number of hydrogen-bond acceptors (Lipinski definition) is 4. The lowest BCUT2D eigenvalue weighted by atomic mass is 10.1. The van der Waals surface area contributed by atoms with Crippen LogP contribution in [0, 0.1) is 0 Å². The first kappa shape index (κ1) is 15.5. The minimum atomic E-state index is -4.41. The van der Waals surface area contributed by atoms with Gasteiger partial charge < -0.3 is 15.1 Å². The largest absolute Gasteiger partial charge is 0.405 e. The third-order valence-corrected chi connectivity index (χ3v) is 2.97.